The first-order valence-electron chi connectivity index (χ1n) is 6.77. The maximum absolute atomic E-state index is 10.3. The standard InChI is InChI=1S/C16H18Cl2O/c17-15-9-5-12(11-16(15)18)4-6-14-8-7-13(14)3-1-2-10-19/h3,5,9-11,14H,1-2,4,6-8H2/b13-3+. The van der Waals surface area contributed by atoms with Crippen LogP contribution in [0.3, 0.4) is 0 Å². The summed E-state index contributed by atoms with van der Waals surface area (Å²) < 4.78 is 0. The normalized spacial score (nSPS) is 20.3. The number of carbonyl (C=O) groups excluding carboxylic acids is 1. The molecule has 1 nitrogen and oxygen atoms in total. The fourth-order valence-electron chi connectivity index (χ4n) is 2.49. The van der Waals surface area contributed by atoms with Gasteiger partial charge in [-0.25, -0.2) is 0 Å². The van der Waals surface area contributed by atoms with Crippen LogP contribution in [-0.4, -0.2) is 6.29 Å². The van der Waals surface area contributed by atoms with Crippen molar-refractivity contribution >= 4 is 29.5 Å². The van der Waals surface area contributed by atoms with Crippen LogP contribution in [0.15, 0.2) is 29.8 Å². The number of hydrogen-bond donors (Lipinski definition) is 0. The lowest BCUT2D eigenvalue weighted by atomic mass is 9.75. The Labute approximate surface area is 124 Å². The molecule has 0 radical (unpaired) electrons. The van der Waals surface area contributed by atoms with Crippen molar-refractivity contribution in [1.29, 1.82) is 0 Å². The van der Waals surface area contributed by atoms with E-state index in [9.17, 15) is 4.79 Å². The van der Waals surface area contributed by atoms with Crippen molar-refractivity contribution in [1.82, 2.24) is 0 Å². The van der Waals surface area contributed by atoms with E-state index in [1.54, 1.807) is 0 Å². The predicted octanol–water partition coefficient (Wildman–Crippen LogP) is 5.24. The monoisotopic (exact) mass is 296 g/mol. The molecular weight excluding hydrogens is 279 g/mol. The molecule has 1 aromatic rings. The van der Waals surface area contributed by atoms with Crippen LogP contribution in [0, 0.1) is 5.92 Å². The van der Waals surface area contributed by atoms with Crippen LogP contribution < -0.4 is 0 Å². The topological polar surface area (TPSA) is 17.1 Å². The Balaban J connectivity index is 1.83. The molecule has 2 rings (SSSR count). The number of allylic oxidation sites excluding steroid dienone is 2. The molecule has 0 amide bonds. The van der Waals surface area contributed by atoms with E-state index >= 15 is 0 Å². The second-order valence-corrected chi connectivity index (χ2v) is 5.86. The van der Waals surface area contributed by atoms with Crippen LogP contribution in [0.2, 0.25) is 10.0 Å². The maximum atomic E-state index is 10.3. The van der Waals surface area contributed by atoms with Crippen molar-refractivity contribution in [3.05, 3.63) is 45.5 Å². The van der Waals surface area contributed by atoms with Gasteiger partial charge in [-0.15, -0.1) is 0 Å². The minimum atomic E-state index is 0.614. The molecule has 102 valence electrons. The first-order chi connectivity index (χ1) is 9.20. The van der Waals surface area contributed by atoms with Crippen molar-refractivity contribution < 1.29 is 4.79 Å². The average molecular weight is 297 g/mol. The number of aryl methyl sites for hydroxylation is 1. The summed E-state index contributed by atoms with van der Waals surface area (Å²) in [7, 11) is 0. The number of aldehydes is 1. The van der Waals surface area contributed by atoms with E-state index in [2.05, 4.69) is 6.08 Å². The van der Waals surface area contributed by atoms with Crippen LogP contribution >= 0.6 is 23.2 Å². The molecule has 19 heavy (non-hydrogen) atoms. The van der Waals surface area contributed by atoms with Gasteiger partial charge in [-0.2, -0.15) is 0 Å². The summed E-state index contributed by atoms with van der Waals surface area (Å²) in [6.45, 7) is 0. The zero-order valence-corrected chi connectivity index (χ0v) is 12.4. The van der Waals surface area contributed by atoms with Crippen molar-refractivity contribution in [3.63, 3.8) is 0 Å². The van der Waals surface area contributed by atoms with Gasteiger partial charge in [-0.1, -0.05) is 40.9 Å². The van der Waals surface area contributed by atoms with Crippen LogP contribution in [0.4, 0.5) is 0 Å². The van der Waals surface area contributed by atoms with E-state index in [1.807, 2.05) is 18.2 Å². The number of benzene rings is 1. The van der Waals surface area contributed by atoms with Gasteiger partial charge >= 0.3 is 0 Å². The maximum Gasteiger partial charge on any atom is 0.120 e. The van der Waals surface area contributed by atoms with Gasteiger partial charge in [0.1, 0.15) is 6.29 Å². The molecule has 1 saturated carbocycles. The van der Waals surface area contributed by atoms with Gasteiger partial charge in [-0.3, -0.25) is 0 Å². The van der Waals surface area contributed by atoms with Crippen molar-refractivity contribution in [3.8, 4) is 0 Å². The van der Waals surface area contributed by atoms with E-state index in [4.69, 9.17) is 23.2 Å². The van der Waals surface area contributed by atoms with E-state index in [-0.39, 0.29) is 0 Å². The first kappa shape index (κ1) is 14.6. The van der Waals surface area contributed by atoms with Gasteiger partial charge in [0.05, 0.1) is 10.0 Å². The van der Waals surface area contributed by atoms with E-state index in [1.165, 1.54) is 24.0 Å². The molecule has 1 fully saturated rings. The Morgan fingerprint density at radius 1 is 1.21 bits per heavy atom. The molecule has 0 N–H and O–H groups in total. The molecule has 1 atom stereocenters. The molecular formula is C16H18Cl2O. The number of rotatable bonds is 6. The van der Waals surface area contributed by atoms with Gasteiger partial charge in [0.2, 0.25) is 0 Å². The second-order valence-electron chi connectivity index (χ2n) is 5.05. The van der Waals surface area contributed by atoms with Crippen LogP contribution in [0.5, 0.6) is 0 Å². The lowest BCUT2D eigenvalue weighted by Crippen LogP contribution is -2.16. The fraction of sp³-hybridized carbons (Fsp3) is 0.438. The summed E-state index contributed by atoms with van der Waals surface area (Å²) >= 11 is 11.9. The third-order valence-electron chi connectivity index (χ3n) is 3.76. The highest BCUT2D eigenvalue weighted by molar-refractivity contribution is 6.42. The number of halogens is 2. The second kappa shape index (κ2) is 7.12. The zero-order valence-electron chi connectivity index (χ0n) is 10.9. The minimum Gasteiger partial charge on any atom is -0.303 e. The summed E-state index contributed by atoms with van der Waals surface area (Å²) in [5.41, 5.74) is 2.77. The Bertz CT molecular complexity index is 480. The lowest BCUT2D eigenvalue weighted by molar-refractivity contribution is -0.107. The Hall–Kier alpha value is -0.790. The smallest absolute Gasteiger partial charge is 0.120 e. The van der Waals surface area contributed by atoms with E-state index in [0.717, 1.165) is 25.5 Å². The molecule has 1 aromatic carbocycles. The van der Waals surface area contributed by atoms with Gasteiger partial charge in [-0.05, 0) is 55.7 Å². The molecule has 1 aliphatic carbocycles. The largest absolute Gasteiger partial charge is 0.303 e. The van der Waals surface area contributed by atoms with Crippen molar-refractivity contribution in [2.45, 2.75) is 38.5 Å². The Kier molecular flexibility index (Phi) is 5.47. The Morgan fingerprint density at radius 2 is 2.05 bits per heavy atom. The van der Waals surface area contributed by atoms with Gasteiger partial charge < -0.3 is 4.79 Å². The number of hydrogen-bond acceptors (Lipinski definition) is 1. The highest BCUT2D eigenvalue weighted by Gasteiger charge is 2.23. The molecule has 3 heteroatoms. The molecule has 1 aliphatic rings. The fourth-order valence-corrected chi connectivity index (χ4v) is 2.81. The summed E-state index contributed by atoms with van der Waals surface area (Å²) in [5.74, 6) is 0.695. The van der Waals surface area contributed by atoms with Gasteiger partial charge in [0.25, 0.3) is 0 Å². The molecule has 0 saturated heterocycles. The third kappa shape index (κ3) is 4.09. The average Bonchev–Trinajstić information content (AvgIpc) is 2.37. The van der Waals surface area contributed by atoms with Gasteiger partial charge in [0.15, 0.2) is 0 Å². The summed E-state index contributed by atoms with van der Waals surface area (Å²) in [5, 5.41) is 1.25. The summed E-state index contributed by atoms with van der Waals surface area (Å²) in [6, 6.07) is 5.86. The van der Waals surface area contributed by atoms with E-state index < -0.39 is 0 Å². The highest BCUT2D eigenvalue weighted by atomic mass is 35.5. The third-order valence-corrected chi connectivity index (χ3v) is 4.50. The minimum absolute atomic E-state index is 0.614. The van der Waals surface area contributed by atoms with Crippen LogP contribution in [-0.2, 0) is 11.2 Å². The molecule has 0 bridgehead atoms. The molecule has 1 unspecified atom stereocenters. The van der Waals surface area contributed by atoms with E-state index in [0.29, 0.717) is 22.4 Å². The number of carbonyl (C=O) groups is 1. The molecule has 0 heterocycles. The quantitative estimate of drug-likeness (QED) is 0.398. The highest BCUT2D eigenvalue weighted by Crippen LogP contribution is 2.37. The Morgan fingerprint density at radius 3 is 2.68 bits per heavy atom. The predicted molar refractivity (Wildman–Crippen MR) is 80.9 cm³/mol. The summed E-state index contributed by atoms with van der Waals surface area (Å²) in [4.78, 5) is 10.3. The van der Waals surface area contributed by atoms with Crippen LogP contribution in [0.1, 0.15) is 37.7 Å². The number of unbranched alkanes of at least 4 members (excludes halogenated alkanes) is 1. The zero-order chi connectivity index (χ0) is 13.7. The van der Waals surface area contributed by atoms with Gasteiger partial charge in [0, 0.05) is 6.42 Å². The van der Waals surface area contributed by atoms with Crippen molar-refractivity contribution in [2.24, 2.45) is 5.92 Å². The van der Waals surface area contributed by atoms with Crippen molar-refractivity contribution in [2.75, 3.05) is 0 Å². The molecule has 0 aliphatic heterocycles. The summed E-state index contributed by atoms with van der Waals surface area (Å²) in [6.07, 6.45) is 9.43. The SMILES string of the molecule is O=CCC/C=C1\CCC1CCc1ccc(Cl)c(Cl)c1. The lowest BCUT2D eigenvalue weighted by Gasteiger charge is -2.30. The van der Waals surface area contributed by atoms with Crippen LogP contribution in [0.25, 0.3) is 0 Å². The molecule has 0 spiro atoms. The first-order valence-corrected chi connectivity index (χ1v) is 7.53. The molecule has 0 aromatic heterocycles.